The lowest BCUT2D eigenvalue weighted by Gasteiger charge is -2.32. The van der Waals surface area contributed by atoms with Crippen LogP contribution in [0.1, 0.15) is 68.9 Å². The number of carbonyl (C=O) groups is 1. The number of aryl methyl sites for hydroxylation is 2. The van der Waals surface area contributed by atoms with Gasteiger partial charge < -0.3 is 9.47 Å². The van der Waals surface area contributed by atoms with E-state index in [1.165, 1.54) is 22.3 Å². The molecule has 1 aromatic carbocycles. The van der Waals surface area contributed by atoms with Crippen molar-refractivity contribution in [3.8, 4) is 21.8 Å². The third-order valence-corrected chi connectivity index (χ3v) is 7.40. The van der Waals surface area contributed by atoms with Crippen molar-refractivity contribution in [1.82, 2.24) is 14.5 Å². The Morgan fingerprint density at radius 2 is 2.00 bits per heavy atom. The molecule has 0 unspecified atom stereocenters. The fourth-order valence-corrected chi connectivity index (χ4v) is 5.22. The lowest BCUT2D eigenvalue weighted by molar-refractivity contribution is 0.0638. The van der Waals surface area contributed by atoms with Crippen molar-refractivity contribution in [2.24, 2.45) is 5.92 Å². The lowest BCUT2D eigenvalue weighted by Crippen LogP contribution is -2.43. The number of thiophene rings is 1. The minimum Gasteiger partial charge on any atom is -0.334 e. The van der Waals surface area contributed by atoms with Gasteiger partial charge in [-0.3, -0.25) is 4.79 Å². The highest BCUT2D eigenvalue weighted by atomic mass is 32.1. The molecule has 0 atom stereocenters. The van der Waals surface area contributed by atoms with Gasteiger partial charge in [-0.05, 0) is 80.2 Å². The molecule has 32 heavy (non-hydrogen) atoms. The van der Waals surface area contributed by atoms with E-state index in [4.69, 9.17) is 4.98 Å². The van der Waals surface area contributed by atoms with Gasteiger partial charge in [0.25, 0.3) is 5.91 Å². The maximum atomic E-state index is 13.5. The van der Waals surface area contributed by atoms with Crippen LogP contribution in [0.2, 0.25) is 0 Å². The van der Waals surface area contributed by atoms with Crippen molar-refractivity contribution in [1.29, 1.82) is 0 Å². The first-order valence-electron chi connectivity index (χ1n) is 11.7. The Morgan fingerprint density at radius 3 is 2.59 bits per heavy atom. The van der Waals surface area contributed by atoms with Crippen LogP contribution < -0.4 is 0 Å². The molecule has 2 aromatic heterocycles. The monoisotopic (exact) mass is 449 g/mol. The highest BCUT2D eigenvalue weighted by Crippen LogP contribution is 2.41. The summed E-state index contributed by atoms with van der Waals surface area (Å²) in [4.78, 5) is 21.4. The molecule has 0 spiro atoms. The number of fused-ring (bicyclic) bond motifs is 3. The molecule has 1 aliphatic rings. The van der Waals surface area contributed by atoms with Crippen LogP contribution in [0, 0.1) is 5.92 Å². The van der Waals surface area contributed by atoms with Crippen molar-refractivity contribution in [2.75, 3.05) is 7.05 Å². The van der Waals surface area contributed by atoms with Crippen LogP contribution in [0.15, 0.2) is 29.6 Å². The van der Waals surface area contributed by atoms with Crippen molar-refractivity contribution in [2.45, 2.75) is 72.9 Å². The average molecular weight is 450 g/mol. The second kappa shape index (κ2) is 8.51. The molecular formula is C27H35N3OS. The van der Waals surface area contributed by atoms with Gasteiger partial charge >= 0.3 is 0 Å². The fraction of sp³-hybridized carbons (Fsp3) is 0.481. The number of amides is 1. The number of benzene rings is 1. The standard InChI is InChI=1S/C27H35N3OS/c1-8-18-15-19-11-12-30-24(21(19)16-20(18)14-17(2)3)23(22-10-9-13-32-22)28-25(30)26(31)29(7)27(4,5)6/h9-10,13,15-17H,8,11-12,14H2,1-7H3. The van der Waals surface area contributed by atoms with Crippen LogP contribution in [-0.4, -0.2) is 32.9 Å². The van der Waals surface area contributed by atoms with E-state index in [-0.39, 0.29) is 11.4 Å². The number of aromatic nitrogens is 2. The van der Waals surface area contributed by atoms with Gasteiger partial charge in [-0.2, -0.15) is 0 Å². The summed E-state index contributed by atoms with van der Waals surface area (Å²) in [5, 5.41) is 2.08. The highest BCUT2D eigenvalue weighted by Gasteiger charge is 2.33. The van der Waals surface area contributed by atoms with Gasteiger partial charge in [0.1, 0.15) is 5.69 Å². The van der Waals surface area contributed by atoms with E-state index in [9.17, 15) is 4.79 Å². The maximum absolute atomic E-state index is 13.5. The van der Waals surface area contributed by atoms with Gasteiger partial charge in [0, 0.05) is 24.7 Å². The number of rotatable bonds is 5. The number of carbonyl (C=O) groups excluding carboxylic acids is 1. The molecule has 1 amide bonds. The van der Waals surface area contributed by atoms with E-state index in [1.54, 1.807) is 16.2 Å². The largest absolute Gasteiger partial charge is 0.334 e. The summed E-state index contributed by atoms with van der Waals surface area (Å²) in [5.41, 5.74) is 7.28. The van der Waals surface area contributed by atoms with Crippen LogP contribution in [0.3, 0.4) is 0 Å². The van der Waals surface area contributed by atoms with Gasteiger partial charge in [0.05, 0.1) is 10.6 Å². The first kappa shape index (κ1) is 22.8. The second-order valence-electron chi connectivity index (χ2n) is 10.3. The molecule has 0 fully saturated rings. The van der Waals surface area contributed by atoms with Crippen LogP contribution >= 0.6 is 11.3 Å². The number of hydrogen-bond donors (Lipinski definition) is 0. The number of nitrogens with zero attached hydrogens (tertiary/aromatic N) is 3. The zero-order valence-corrected chi connectivity index (χ0v) is 21.3. The predicted octanol–water partition coefficient (Wildman–Crippen LogP) is 6.47. The van der Waals surface area contributed by atoms with Crippen molar-refractivity contribution in [3.05, 3.63) is 52.2 Å². The quantitative estimate of drug-likeness (QED) is 0.448. The Balaban J connectivity index is 1.94. The Kier molecular flexibility index (Phi) is 6.06. The predicted molar refractivity (Wildman–Crippen MR) is 134 cm³/mol. The van der Waals surface area contributed by atoms with Crippen molar-refractivity contribution >= 4 is 17.2 Å². The van der Waals surface area contributed by atoms with E-state index >= 15 is 0 Å². The molecule has 0 aliphatic carbocycles. The molecule has 4 nitrogen and oxygen atoms in total. The molecule has 4 rings (SSSR count). The summed E-state index contributed by atoms with van der Waals surface area (Å²) >= 11 is 1.68. The van der Waals surface area contributed by atoms with Gasteiger partial charge in [-0.1, -0.05) is 32.9 Å². The number of imidazole rings is 1. The van der Waals surface area contributed by atoms with Crippen molar-refractivity contribution < 1.29 is 4.79 Å². The van der Waals surface area contributed by atoms with Crippen LogP contribution in [0.25, 0.3) is 21.8 Å². The molecule has 3 aromatic rings. The molecule has 5 heteroatoms. The van der Waals surface area contributed by atoms with Gasteiger partial charge in [0.15, 0.2) is 5.82 Å². The van der Waals surface area contributed by atoms with Gasteiger partial charge in [-0.15, -0.1) is 11.3 Å². The van der Waals surface area contributed by atoms with E-state index in [0.29, 0.717) is 11.7 Å². The zero-order valence-electron chi connectivity index (χ0n) is 20.5. The summed E-state index contributed by atoms with van der Waals surface area (Å²) < 4.78 is 2.17. The molecule has 3 heterocycles. The van der Waals surface area contributed by atoms with Crippen molar-refractivity contribution in [3.63, 3.8) is 0 Å². The summed E-state index contributed by atoms with van der Waals surface area (Å²) in [6, 6.07) is 8.96. The van der Waals surface area contributed by atoms with E-state index in [2.05, 4.69) is 75.8 Å². The third kappa shape index (κ3) is 4.03. The van der Waals surface area contributed by atoms with Gasteiger partial charge in [-0.25, -0.2) is 4.98 Å². The SMILES string of the molecule is CCc1cc2c(cc1CC(C)C)-c1c(-c3cccs3)nc(C(=O)N(C)C(C)(C)C)n1CC2. The fourth-order valence-electron chi connectivity index (χ4n) is 4.51. The normalized spacial score (nSPS) is 13.2. The van der Waals surface area contributed by atoms with Crippen LogP contribution in [0.5, 0.6) is 0 Å². The smallest absolute Gasteiger partial charge is 0.290 e. The topological polar surface area (TPSA) is 38.1 Å². The molecule has 170 valence electrons. The van der Waals surface area contributed by atoms with E-state index in [0.717, 1.165) is 42.1 Å². The first-order valence-corrected chi connectivity index (χ1v) is 12.6. The Hall–Kier alpha value is -2.40. The summed E-state index contributed by atoms with van der Waals surface area (Å²) in [7, 11) is 1.87. The molecule has 1 aliphatic heterocycles. The maximum Gasteiger partial charge on any atom is 0.290 e. The minimum atomic E-state index is -0.264. The summed E-state index contributed by atoms with van der Waals surface area (Å²) in [6.07, 6.45) is 3.04. The molecule has 0 saturated heterocycles. The lowest BCUT2D eigenvalue weighted by atomic mass is 9.88. The second-order valence-corrected chi connectivity index (χ2v) is 11.2. The van der Waals surface area contributed by atoms with E-state index in [1.807, 2.05) is 7.05 Å². The number of hydrogen-bond acceptors (Lipinski definition) is 3. The Morgan fingerprint density at radius 1 is 1.25 bits per heavy atom. The average Bonchev–Trinajstić information content (AvgIpc) is 3.38. The Labute approximate surface area is 196 Å². The third-order valence-electron chi connectivity index (χ3n) is 6.52. The minimum absolute atomic E-state index is 0.0161. The Bertz CT molecular complexity index is 1130. The zero-order chi connectivity index (χ0) is 23.2. The van der Waals surface area contributed by atoms with Crippen LogP contribution in [0.4, 0.5) is 0 Å². The van der Waals surface area contributed by atoms with E-state index < -0.39 is 0 Å². The molecule has 0 N–H and O–H groups in total. The molecular weight excluding hydrogens is 414 g/mol. The summed E-state index contributed by atoms with van der Waals surface area (Å²) in [6.45, 7) is 13.8. The highest BCUT2D eigenvalue weighted by molar-refractivity contribution is 7.13. The molecule has 0 radical (unpaired) electrons. The molecule has 0 bridgehead atoms. The molecule has 0 saturated carbocycles. The van der Waals surface area contributed by atoms with Crippen LogP contribution in [-0.2, 0) is 25.8 Å². The van der Waals surface area contributed by atoms with Gasteiger partial charge in [0.2, 0.25) is 0 Å². The summed E-state index contributed by atoms with van der Waals surface area (Å²) in [5.74, 6) is 1.13. The first-order chi connectivity index (χ1) is 15.1.